The number of nitrogens with one attached hydrogen (secondary N) is 1. The average molecular weight is 401 g/mol. The molecule has 1 atom stereocenters. The fraction of sp³-hybridized carbons (Fsp3) is 0.647. The smallest absolute Gasteiger partial charge is 0.405 e. The minimum Gasteiger partial charge on any atom is -0.405 e. The average Bonchev–Trinajstić information content (AvgIpc) is 3.03. The lowest BCUT2D eigenvalue weighted by atomic mass is 9.89. The SMILES string of the molecule is Cl.Cl.FC(F)(F)Oc1ccccc1[C@@H](C1CCCC1)N1CCNCC1. The highest BCUT2D eigenvalue weighted by molar-refractivity contribution is 5.85. The normalized spacial score (nSPS) is 20.4. The van der Waals surface area contributed by atoms with E-state index in [4.69, 9.17) is 0 Å². The molecule has 0 aromatic heterocycles. The van der Waals surface area contributed by atoms with Crippen LogP contribution >= 0.6 is 24.8 Å². The Bertz CT molecular complexity index is 519. The molecule has 144 valence electrons. The largest absolute Gasteiger partial charge is 0.573 e. The maximum absolute atomic E-state index is 12.8. The zero-order valence-electron chi connectivity index (χ0n) is 13.9. The first-order valence-corrected chi connectivity index (χ1v) is 8.34. The van der Waals surface area contributed by atoms with Gasteiger partial charge in [-0.05, 0) is 24.8 Å². The van der Waals surface area contributed by atoms with Gasteiger partial charge in [0.25, 0.3) is 0 Å². The first-order valence-electron chi connectivity index (χ1n) is 8.34. The van der Waals surface area contributed by atoms with E-state index in [2.05, 4.69) is 15.0 Å². The van der Waals surface area contributed by atoms with E-state index >= 15 is 0 Å². The topological polar surface area (TPSA) is 24.5 Å². The standard InChI is InChI=1S/C17H23F3N2O.2ClH/c18-17(19,20)23-15-8-4-3-7-14(15)16(13-5-1-2-6-13)22-11-9-21-10-12-22;;/h3-4,7-8,13,16,21H,1-2,5-6,9-12H2;2*1H/t16-;;/m1../s1. The van der Waals surface area contributed by atoms with Crippen LogP contribution in [0.15, 0.2) is 24.3 Å². The Kier molecular flexibility index (Phi) is 8.81. The maximum Gasteiger partial charge on any atom is 0.573 e. The lowest BCUT2D eigenvalue weighted by molar-refractivity contribution is -0.275. The number of nitrogens with zero attached hydrogens (tertiary/aromatic N) is 1. The van der Waals surface area contributed by atoms with E-state index in [9.17, 15) is 13.2 Å². The molecule has 1 N–H and O–H groups in total. The number of halogens is 5. The van der Waals surface area contributed by atoms with Gasteiger partial charge in [0.05, 0.1) is 0 Å². The highest BCUT2D eigenvalue weighted by Crippen LogP contribution is 2.43. The van der Waals surface area contributed by atoms with Gasteiger partial charge >= 0.3 is 6.36 Å². The number of benzene rings is 1. The van der Waals surface area contributed by atoms with Gasteiger partial charge in [-0.2, -0.15) is 0 Å². The third-order valence-electron chi connectivity index (χ3n) is 4.85. The Morgan fingerprint density at radius 1 is 1.04 bits per heavy atom. The Balaban J connectivity index is 0.00000156. The summed E-state index contributed by atoms with van der Waals surface area (Å²) in [6.45, 7) is 3.49. The molecule has 0 amide bonds. The number of rotatable bonds is 4. The first-order chi connectivity index (χ1) is 11.0. The van der Waals surface area contributed by atoms with Crippen LogP contribution in [0, 0.1) is 5.92 Å². The predicted molar refractivity (Wildman–Crippen MR) is 96.8 cm³/mol. The van der Waals surface area contributed by atoms with Crippen molar-refractivity contribution in [3.63, 3.8) is 0 Å². The summed E-state index contributed by atoms with van der Waals surface area (Å²) in [4.78, 5) is 2.32. The zero-order chi connectivity index (χ0) is 16.3. The third kappa shape index (κ3) is 5.91. The van der Waals surface area contributed by atoms with Gasteiger partial charge in [0.15, 0.2) is 0 Å². The van der Waals surface area contributed by atoms with Crippen molar-refractivity contribution in [2.75, 3.05) is 26.2 Å². The molecule has 0 spiro atoms. The number of alkyl halides is 3. The van der Waals surface area contributed by atoms with Crippen LogP contribution in [0.2, 0.25) is 0 Å². The van der Waals surface area contributed by atoms with Crippen LogP contribution in [0.1, 0.15) is 37.3 Å². The minimum absolute atomic E-state index is 0. The summed E-state index contributed by atoms with van der Waals surface area (Å²) in [5.41, 5.74) is 0.679. The lowest BCUT2D eigenvalue weighted by Crippen LogP contribution is -2.46. The lowest BCUT2D eigenvalue weighted by Gasteiger charge is -2.39. The molecule has 0 unspecified atom stereocenters. The third-order valence-corrected chi connectivity index (χ3v) is 4.85. The van der Waals surface area contributed by atoms with Gasteiger partial charge in [0.1, 0.15) is 5.75 Å². The number of hydrogen-bond acceptors (Lipinski definition) is 3. The van der Waals surface area contributed by atoms with Crippen LogP contribution in [0.3, 0.4) is 0 Å². The van der Waals surface area contributed by atoms with Gasteiger partial charge < -0.3 is 10.1 Å². The Labute approximate surface area is 159 Å². The number of para-hydroxylation sites is 1. The van der Waals surface area contributed by atoms with Gasteiger partial charge in [-0.15, -0.1) is 38.0 Å². The molecular weight excluding hydrogens is 376 g/mol. The van der Waals surface area contributed by atoms with Gasteiger partial charge in [-0.3, -0.25) is 4.90 Å². The molecule has 1 saturated carbocycles. The van der Waals surface area contributed by atoms with Crippen LogP contribution in [0.4, 0.5) is 13.2 Å². The van der Waals surface area contributed by atoms with Crippen molar-refractivity contribution in [1.82, 2.24) is 10.2 Å². The monoisotopic (exact) mass is 400 g/mol. The second kappa shape index (κ2) is 9.86. The van der Waals surface area contributed by atoms with Crippen molar-refractivity contribution in [3.8, 4) is 5.75 Å². The second-order valence-electron chi connectivity index (χ2n) is 6.36. The molecule has 1 saturated heterocycles. The zero-order valence-corrected chi connectivity index (χ0v) is 15.6. The molecule has 1 aliphatic heterocycles. The van der Waals surface area contributed by atoms with Crippen molar-refractivity contribution < 1.29 is 17.9 Å². The van der Waals surface area contributed by atoms with E-state index in [0.29, 0.717) is 11.5 Å². The van der Waals surface area contributed by atoms with E-state index in [0.717, 1.165) is 51.9 Å². The van der Waals surface area contributed by atoms with Gasteiger partial charge in [0, 0.05) is 37.8 Å². The highest BCUT2D eigenvalue weighted by Gasteiger charge is 2.37. The van der Waals surface area contributed by atoms with Crippen LogP contribution in [0.25, 0.3) is 0 Å². The molecule has 1 aromatic carbocycles. The van der Waals surface area contributed by atoms with Crippen molar-refractivity contribution in [2.45, 2.75) is 38.1 Å². The summed E-state index contributed by atoms with van der Waals surface area (Å²) >= 11 is 0. The molecule has 3 rings (SSSR count). The maximum atomic E-state index is 12.8. The van der Waals surface area contributed by atoms with E-state index in [1.165, 1.54) is 6.07 Å². The van der Waals surface area contributed by atoms with Crippen molar-refractivity contribution in [3.05, 3.63) is 29.8 Å². The van der Waals surface area contributed by atoms with Crippen molar-refractivity contribution >= 4 is 24.8 Å². The van der Waals surface area contributed by atoms with E-state index in [1.54, 1.807) is 12.1 Å². The van der Waals surface area contributed by atoms with Gasteiger partial charge in [-0.25, -0.2) is 0 Å². The summed E-state index contributed by atoms with van der Waals surface area (Å²) in [5, 5.41) is 3.31. The molecule has 2 fully saturated rings. The molecule has 1 heterocycles. The summed E-state index contributed by atoms with van der Waals surface area (Å²) < 4.78 is 42.6. The molecule has 0 radical (unpaired) electrons. The summed E-state index contributed by atoms with van der Waals surface area (Å²) in [5.74, 6) is 0.363. The number of piperazine rings is 1. The van der Waals surface area contributed by atoms with Gasteiger partial charge in [0.2, 0.25) is 0 Å². The minimum atomic E-state index is -4.65. The van der Waals surface area contributed by atoms with Crippen LogP contribution in [-0.4, -0.2) is 37.4 Å². The van der Waals surface area contributed by atoms with Gasteiger partial charge in [-0.1, -0.05) is 31.0 Å². The summed E-state index contributed by atoms with van der Waals surface area (Å²) in [6.07, 6.45) is -0.172. The Hall–Kier alpha value is -0.690. The van der Waals surface area contributed by atoms with Crippen molar-refractivity contribution in [2.24, 2.45) is 5.92 Å². The molecular formula is C17H25Cl2F3N2O. The van der Waals surface area contributed by atoms with Crippen LogP contribution in [-0.2, 0) is 0 Å². The number of ether oxygens (including phenoxy) is 1. The molecule has 1 aliphatic carbocycles. The molecule has 2 aliphatic rings. The molecule has 1 aromatic rings. The molecule has 8 heteroatoms. The molecule has 0 bridgehead atoms. The van der Waals surface area contributed by atoms with Crippen molar-refractivity contribution in [1.29, 1.82) is 0 Å². The van der Waals surface area contributed by atoms with E-state index < -0.39 is 6.36 Å². The summed E-state index contributed by atoms with van der Waals surface area (Å²) in [6, 6.07) is 6.66. The Morgan fingerprint density at radius 2 is 1.64 bits per heavy atom. The Morgan fingerprint density at radius 3 is 2.24 bits per heavy atom. The molecule has 25 heavy (non-hydrogen) atoms. The van der Waals surface area contributed by atoms with E-state index in [-0.39, 0.29) is 36.6 Å². The van der Waals surface area contributed by atoms with E-state index in [1.807, 2.05) is 6.07 Å². The summed E-state index contributed by atoms with van der Waals surface area (Å²) in [7, 11) is 0. The highest BCUT2D eigenvalue weighted by atomic mass is 35.5. The fourth-order valence-electron chi connectivity index (χ4n) is 3.92. The predicted octanol–water partition coefficient (Wildman–Crippen LogP) is 4.57. The van der Waals surface area contributed by atoms with Crippen LogP contribution < -0.4 is 10.1 Å². The second-order valence-corrected chi connectivity index (χ2v) is 6.36. The fourth-order valence-corrected chi connectivity index (χ4v) is 3.92. The number of hydrogen-bond donors (Lipinski definition) is 1. The van der Waals surface area contributed by atoms with Crippen LogP contribution in [0.5, 0.6) is 5.75 Å². The first kappa shape index (κ1) is 22.4. The quantitative estimate of drug-likeness (QED) is 0.801. The molecule has 3 nitrogen and oxygen atoms in total.